The van der Waals surface area contributed by atoms with Gasteiger partial charge in [-0.3, -0.25) is 4.99 Å². The van der Waals surface area contributed by atoms with Crippen LogP contribution >= 0.6 is 23.2 Å². The number of hydrogen-bond donors (Lipinski definition) is 0. The van der Waals surface area contributed by atoms with Crippen molar-refractivity contribution in [2.45, 2.75) is 58.9 Å². The second kappa shape index (κ2) is 7.85. The highest BCUT2D eigenvalue weighted by atomic mass is 35.5. The molecular formula is C23H28Cl2N2. The molecule has 0 aromatic heterocycles. The molecule has 27 heavy (non-hydrogen) atoms. The van der Waals surface area contributed by atoms with Gasteiger partial charge >= 0.3 is 0 Å². The van der Waals surface area contributed by atoms with Gasteiger partial charge in [0.25, 0.3) is 0 Å². The molecule has 3 rings (SSSR count). The Morgan fingerprint density at radius 2 is 1.96 bits per heavy atom. The third kappa shape index (κ3) is 4.17. The van der Waals surface area contributed by atoms with Crippen LogP contribution in [-0.2, 0) is 0 Å². The van der Waals surface area contributed by atoms with Crippen molar-refractivity contribution in [1.29, 1.82) is 0 Å². The van der Waals surface area contributed by atoms with Crippen LogP contribution < -0.4 is 4.90 Å². The highest BCUT2D eigenvalue weighted by Gasteiger charge is 2.36. The summed E-state index contributed by atoms with van der Waals surface area (Å²) in [6.45, 7) is 12.3. The number of rotatable bonds is 4. The molecule has 0 spiro atoms. The Kier molecular flexibility index (Phi) is 5.88. The van der Waals surface area contributed by atoms with E-state index in [0.29, 0.717) is 10.9 Å². The number of halogens is 2. The Labute approximate surface area is 173 Å². The lowest BCUT2D eigenvalue weighted by Crippen LogP contribution is -2.48. The molecule has 0 saturated carbocycles. The summed E-state index contributed by atoms with van der Waals surface area (Å²) in [6, 6.07) is 10.1. The zero-order chi connectivity index (χ0) is 19.8. The van der Waals surface area contributed by atoms with Crippen LogP contribution in [0.5, 0.6) is 0 Å². The Hall–Kier alpha value is -1.51. The first-order chi connectivity index (χ1) is 12.7. The SMILES string of the molecule is CCCN1c2cc(Cl)c(C=Nc3cc(Cl)ccc3C)cc2C(C)CC1(C)C. The van der Waals surface area contributed by atoms with E-state index in [9.17, 15) is 0 Å². The standard InChI is InChI=1S/C23H28Cl2N2/c1-6-9-27-22-12-20(25)17(10-19(22)16(3)13-23(27,4)5)14-26-21-11-18(24)8-7-15(21)2/h7-8,10-12,14,16H,6,9,13H2,1-5H3. The largest absolute Gasteiger partial charge is 0.366 e. The molecule has 0 radical (unpaired) electrons. The second-order valence-corrected chi connectivity index (χ2v) is 9.03. The number of anilines is 1. The molecular weight excluding hydrogens is 375 g/mol. The van der Waals surface area contributed by atoms with Crippen LogP contribution in [0, 0.1) is 6.92 Å². The lowest BCUT2D eigenvalue weighted by molar-refractivity contribution is 0.376. The fourth-order valence-corrected chi connectivity index (χ4v) is 4.50. The van der Waals surface area contributed by atoms with E-state index >= 15 is 0 Å². The lowest BCUT2D eigenvalue weighted by Gasteiger charge is -2.47. The van der Waals surface area contributed by atoms with E-state index in [4.69, 9.17) is 23.2 Å². The Bertz CT molecular complexity index is 871. The van der Waals surface area contributed by atoms with Gasteiger partial charge in [-0.1, -0.05) is 43.1 Å². The number of fused-ring (bicyclic) bond motifs is 1. The zero-order valence-corrected chi connectivity index (χ0v) is 18.3. The van der Waals surface area contributed by atoms with E-state index in [1.165, 1.54) is 11.3 Å². The molecule has 1 heterocycles. The summed E-state index contributed by atoms with van der Waals surface area (Å²) in [4.78, 5) is 7.16. The minimum atomic E-state index is 0.138. The molecule has 2 nitrogen and oxygen atoms in total. The van der Waals surface area contributed by atoms with Crippen LogP contribution in [0.1, 0.15) is 63.1 Å². The molecule has 2 aromatic carbocycles. The summed E-state index contributed by atoms with van der Waals surface area (Å²) < 4.78 is 0. The summed E-state index contributed by atoms with van der Waals surface area (Å²) >= 11 is 12.8. The number of benzene rings is 2. The normalized spacial score (nSPS) is 18.8. The van der Waals surface area contributed by atoms with Gasteiger partial charge in [-0.15, -0.1) is 0 Å². The summed E-state index contributed by atoms with van der Waals surface area (Å²) in [6.07, 6.45) is 4.11. The second-order valence-electron chi connectivity index (χ2n) is 8.19. The number of aryl methyl sites for hydroxylation is 1. The van der Waals surface area contributed by atoms with Gasteiger partial charge in [-0.05, 0) is 74.9 Å². The number of nitrogens with zero attached hydrogens (tertiary/aromatic N) is 2. The van der Waals surface area contributed by atoms with Crippen molar-refractivity contribution >= 4 is 40.8 Å². The van der Waals surface area contributed by atoms with Crippen molar-refractivity contribution in [2.75, 3.05) is 11.4 Å². The Balaban J connectivity index is 2.02. The highest BCUT2D eigenvalue weighted by molar-refractivity contribution is 6.33. The molecule has 0 N–H and O–H groups in total. The fraction of sp³-hybridized carbons (Fsp3) is 0.435. The van der Waals surface area contributed by atoms with Crippen molar-refractivity contribution in [3.63, 3.8) is 0 Å². The molecule has 0 fully saturated rings. The summed E-state index contributed by atoms with van der Waals surface area (Å²) in [5.41, 5.74) is 5.68. The minimum Gasteiger partial charge on any atom is -0.366 e. The highest BCUT2D eigenvalue weighted by Crippen LogP contribution is 2.45. The first-order valence-electron chi connectivity index (χ1n) is 9.64. The van der Waals surface area contributed by atoms with E-state index in [-0.39, 0.29) is 5.54 Å². The van der Waals surface area contributed by atoms with E-state index in [1.807, 2.05) is 31.3 Å². The monoisotopic (exact) mass is 402 g/mol. The molecule has 1 unspecified atom stereocenters. The van der Waals surface area contributed by atoms with Crippen molar-refractivity contribution in [1.82, 2.24) is 0 Å². The molecule has 0 bridgehead atoms. The van der Waals surface area contributed by atoms with Gasteiger partial charge < -0.3 is 4.90 Å². The molecule has 4 heteroatoms. The summed E-state index contributed by atoms with van der Waals surface area (Å²) in [7, 11) is 0. The van der Waals surface area contributed by atoms with Gasteiger partial charge in [0.2, 0.25) is 0 Å². The van der Waals surface area contributed by atoms with E-state index in [0.717, 1.165) is 41.2 Å². The lowest BCUT2D eigenvalue weighted by atomic mass is 9.79. The van der Waals surface area contributed by atoms with Crippen LogP contribution in [0.2, 0.25) is 10.0 Å². The molecule has 2 aromatic rings. The summed E-state index contributed by atoms with van der Waals surface area (Å²) in [5, 5.41) is 1.43. The number of hydrogen-bond acceptors (Lipinski definition) is 2. The van der Waals surface area contributed by atoms with Gasteiger partial charge in [0.1, 0.15) is 0 Å². The van der Waals surface area contributed by atoms with Gasteiger partial charge in [0.05, 0.1) is 10.7 Å². The van der Waals surface area contributed by atoms with Crippen LogP contribution in [0.3, 0.4) is 0 Å². The minimum absolute atomic E-state index is 0.138. The molecule has 1 atom stereocenters. The van der Waals surface area contributed by atoms with E-state index < -0.39 is 0 Å². The molecule has 0 saturated heterocycles. The molecule has 0 aliphatic carbocycles. The van der Waals surface area contributed by atoms with Crippen LogP contribution in [0.4, 0.5) is 11.4 Å². The Morgan fingerprint density at radius 3 is 2.67 bits per heavy atom. The molecule has 0 amide bonds. The third-order valence-electron chi connectivity index (χ3n) is 5.47. The van der Waals surface area contributed by atoms with E-state index in [1.54, 1.807) is 0 Å². The molecule has 1 aliphatic heterocycles. The Morgan fingerprint density at radius 1 is 1.22 bits per heavy atom. The first kappa shape index (κ1) is 20.2. The fourth-order valence-electron chi connectivity index (χ4n) is 4.13. The molecule has 144 valence electrons. The number of aliphatic imine (C=N–C) groups is 1. The van der Waals surface area contributed by atoms with Gasteiger partial charge in [-0.25, -0.2) is 0 Å². The molecule has 1 aliphatic rings. The average molecular weight is 403 g/mol. The van der Waals surface area contributed by atoms with Crippen molar-refractivity contribution in [3.8, 4) is 0 Å². The van der Waals surface area contributed by atoms with Gasteiger partial charge in [0, 0.05) is 34.6 Å². The average Bonchev–Trinajstić information content (AvgIpc) is 2.59. The maximum absolute atomic E-state index is 6.66. The van der Waals surface area contributed by atoms with Crippen LogP contribution in [0.25, 0.3) is 0 Å². The third-order valence-corrected chi connectivity index (χ3v) is 6.03. The summed E-state index contributed by atoms with van der Waals surface area (Å²) in [5.74, 6) is 0.487. The topological polar surface area (TPSA) is 15.6 Å². The van der Waals surface area contributed by atoms with Crippen molar-refractivity contribution in [2.24, 2.45) is 4.99 Å². The predicted octanol–water partition coefficient (Wildman–Crippen LogP) is 7.55. The van der Waals surface area contributed by atoms with Gasteiger partial charge in [0.15, 0.2) is 0 Å². The predicted molar refractivity (Wildman–Crippen MR) is 120 cm³/mol. The first-order valence-corrected chi connectivity index (χ1v) is 10.4. The van der Waals surface area contributed by atoms with Crippen molar-refractivity contribution in [3.05, 3.63) is 57.1 Å². The van der Waals surface area contributed by atoms with Crippen molar-refractivity contribution < 1.29 is 0 Å². The van der Waals surface area contributed by atoms with Gasteiger partial charge in [-0.2, -0.15) is 0 Å². The smallest absolute Gasteiger partial charge is 0.0673 e. The maximum atomic E-state index is 6.66. The zero-order valence-electron chi connectivity index (χ0n) is 16.8. The van der Waals surface area contributed by atoms with Crippen LogP contribution in [-0.4, -0.2) is 18.3 Å². The quantitative estimate of drug-likeness (QED) is 0.481. The maximum Gasteiger partial charge on any atom is 0.0673 e. The van der Waals surface area contributed by atoms with Crippen LogP contribution in [0.15, 0.2) is 35.3 Å². The van der Waals surface area contributed by atoms with E-state index in [2.05, 4.69) is 49.7 Å².